The molecule has 1 unspecified atom stereocenters. The standard InChI is InChI=1S/C10H14N2O4S/c1-8(10(13)14)17(15,16)12-7-4-9-2-5-11-6-3-9/h2-3,5-6,8,12H,4,7H2,1H3,(H,13,14). The highest BCUT2D eigenvalue weighted by molar-refractivity contribution is 7.90. The third kappa shape index (κ3) is 4.12. The second-order valence-corrected chi connectivity index (χ2v) is 5.61. The van der Waals surface area contributed by atoms with Crippen molar-refractivity contribution >= 4 is 16.0 Å². The Bertz CT molecular complexity index is 472. The van der Waals surface area contributed by atoms with Gasteiger partial charge in [0.2, 0.25) is 10.0 Å². The second-order valence-electron chi connectivity index (χ2n) is 3.53. The number of aliphatic carboxylic acids is 1. The van der Waals surface area contributed by atoms with Crippen LogP contribution in [0.25, 0.3) is 0 Å². The van der Waals surface area contributed by atoms with Crippen LogP contribution in [-0.4, -0.2) is 36.3 Å². The van der Waals surface area contributed by atoms with Crippen LogP contribution in [-0.2, 0) is 21.2 Å². The van der Waals surface area contributed by atoms with Crippen molar-refractivity contribution in [3.05, 3.63) is 30.1 Å². The largest absolute Gasteiger partial charge is 0.480 e. The van der Waals surface area contributed by atoms with E-state index in [1.54, 1.807) is 24.5 Å². The van der Waals surface area contributed by atoms with Crippen LogP contribution in [0, 0.1) is 0 Å². The predicted molar refractivity (Wildman–Crippen MR) is 62.0 cm³/mol. The first-order chi connectivity index (χ1) is 7.93. The smallest absolute Gasteiger partial charge is 0.323 e. The fourth-order valence-corrected chi connectivity index (χ4v) is 2.05. The molecule has 1 rings (SSSR count). The van der Waals surface area contributed by atoms with E-state index in [0.717, 1.165) is 12.5 Å². The number of pyridine rings is 1. The molecule has 0 aliphatic heterocycles. The quantitative estimate of drug-likeness (QED) is 0.749. The monoisotopic (exact) mass is 258 g/mol. The minimum Gasteiger partial charge on any atom is -0.480 e. The maximum atomic E-state index is 11.5. The molecule has 1 aromatic heterocycles. The Balaban J connectivity index is 2.49. The van der Waals surface area contributed by atoms with Gasteiger partial charge >= 0.3 is 5.97 Å². The van der Waals surface area contributed by atoms with E-state index in [2.05, 4.69) is 9.71 Å². The molecule has 1 atom stereocenters. The summed E-state index contributed by atoms with van der Waals surface area (Å²) < 4.78 is 25.2. The molecule has 1 heterocycles. The van der Waals surface area contributed by atoms with Crippen molar-refractivity contribution in [3.8, 4) is 0 Å². The minimum absolute atomic E-state index is 0.171. The van der Waals surface area contributed by atoms with Crippen LogP contribution in [0.5, 0.6) is 0 Å². The van der Waals surface area contributed by atoms with Gasteiger partial charge in [-0.2, -0.15) is 0 Å². The Labute approximate surface area is 99.7 Å². The zero-order chi connectivity index (χ0) is 12.9. The van der Waals surface area contributed by atoms with E-state index in [1.807, 2.05) is 0 Å². The number of hydrogen-bond acceptors (Lipinski definition) is 4. The van der Waals surface area contributed by atoms with Crippen LogP contribution >= 0.6 is 0 Å². The van der Waals surface area contributed by atoms with E-state index in [0.29, 0.717) is 6.42 Å². The Morgan fingerprint density at radius 2 is 2.06 bits per heavy atom. The molecule has 17 heavy (non-hydrogen) atoms. The van der Waals surface area contributed by atoms with Crippen LogP contribution in [0.15, 0.2) is 24.5 Å². The summed E-state index contributed by atoms with van der Waals surface area (Å²) in [6.45, 7) is 1.31. The van der Waals surface area contributed by atoms with Gasteiger partial charge in [0.25, 0.3) is 0 Å². The maximum absolute atomic E-state index is 11.5. The number of aromatic nitrogens is 1. The summed E-state index contributed by atoms with van der Waals surface area (Å²) in [4.78, 5) is 14.4. The van der Waals surface area contributed by atoms with E-state index in [9.17, 15) is 13.2 Å². The Morgan fingerprint density at radius 3 is 2.59 bits per heavy atom. The third-order valence-corrected chi connectivity index (χ3v) is 4.02. The molecule has 0 radical (unpaired) electrons. The fraction of sp³-hybridized carbons (Fsp3) is 0.400. The van der Waals surface area contributed by atoms with Gasteiger partial charge in [0, 0.05) is 18.9 Å². The topological polar surface area (TPSA) is 96.4 Å². The maximum Gasteiger partial charge on any atom is 0.323 e. The molecule has 0 saturated heterocycles. The summed E-state index contributed by atoms with van der Waals surface area (Å²) in [5.41, 5.74) is 0.936. The first kappa shape index (κ1) is 13.6. The molecular formula is C10H14N2O4S. The van der Waals surface area contributed by atoms with Crippen molar-refractivity contribution in [1.82, 2.24) is 9.71 Å². The molecule has 0 bridgehead atoms. The van der Waals surface area contributed by atoms with Crippen molar-refractivity contribution in [2.45, 2.75) is 18.6 Å². The molecule has 0 aliphatic carbocycles. The number of carboxylic acids is 1. The van der Waals surface area contributed by atoms with E-state index >= 15 is 0 Å². The van der Waals surface area contributed by atoms with Gasteiger partial charge in [0.15, 0.2) is 5.25 Å². The number of carboxylic acid groups (broad SMARTS) is 1. The Kier molecular flexibility index (Phi) is 4.59. The van der Waals surface area contributed by atoms with Crippen molar-refractivity contribution in [1.29, 1.82) is 0 Å². The molecule has 2 N–H and O–H groups in total. The van der Waals surface area contributed by atoms with Crippen LogP contribution in [0.4, 0.5) is 0 Å². The second kappa shape index (κ2) is 5.74. The zero-order valence-electron chi connectivity index (χ0n) is 9.33. The summed E-state index contributed by atoms with van der Waals surface area (Å²) in [5, 5.41) is 7.16. The van der Waals surface area contributed by atoms with Crippen LogP contribution in [0.3, 0.4) is 0 Å². The van der Waals surface area contributed by atoms with Gasteiger partial charge in [-0.25, -0.2) is 13.1 Å². The lowest BCUT2D eigenvalue weighted by atomic mass is 10.2. The van der Waals surface area contributed by atoms with Crippen LogP contribution < -0.4 is 4.72 Å². The van der Waals surface area contributed by atoms with E-state index in [1.165, 1.54) is 0 Å². The highest BCUT2D eigenvalue weighted by Gasteiger charge is 2.26. The van der Waals surface area contributed by atoms with Crippen molar-refractivity contribution in [2.24, 2.45) is 0 Å². The SMILES string of the molecule is CC(C(=O)O)S(=O)(=O)NCCc1ccncc1. The molecule has 0 fully saturated rings. The molecule has 6 nitrogen and oxygen atoms in total. The molecule has 0 aromatic carbocycles. The zero-order valence-corrected chi connectivity index (χ0v) is 10.1. The lowest BCUT2D eigenvalue weighted by Crippen LogP contribution is -2.38. The number of nitrogens with zero attached hydrogens (tertiary/aromatic N) is 1. The molecule has 7 heteroatoms. The lowest BCUT2D eigenvalue weighted by Gasteiger charge is -2.09. The molecule has 0 spiro atoms. The number of nitrogens with one attached hydrogen (secondary N) is 1. The number of carbonyl (C=O) groups is 1. The number of rotatable bonds is 6. The van der Waals surface area contributed by atoms with Gasteiger partial charge in [0.1, 0.15) is 0 Å². The van der Waals surface area contributed by atoms with Crippen molar-refractivity contribution < 1.29 is 18.3 Å². The first-order valence-electron chi connectivity index (χ1n) is 5.03. The average Bonchev–Trinajstić information content (AvgIpc) is 2.29. The van der Waals surface area contributed by atoms with E-state index in [4.69, 9.17) is 5.11 Å². The van der Waals surface area contributed by atoms with E-state index < -0.39 is 21.2 Å². The number of sulfonamides is 1. The minimum atomic E-state index is -3.79. The highest BCUT2D eigenvalue weighted by Crippen LogP contribution is 2.00. The molecule has 0 aliphatic rings. The number of hydrogen-bond donors (Lipinski definition) is 2. The summed E-state index contributed by atoms with van der Waals surface area (Å²) in [6.07, 6.45) is 3.72. The molecule has 0 amide bonds. The molecular weight excluding hydrogens is 244 g/mol. The molecule has 1 aromatic rings. The summed E-state index contributed by atoms with van der Waals surface area (Å²) >= 11 is 0. The average molecular weight is 258 g/mol. The lowest BCUT2D eigenvalue weighted by molar-refractivity contribution is -0.136. The third-order valence-electron chi connectivity index (χ3n) is 2.28. The molecule has 94 valence electrons. The first-order valence-corrected chi connectivity index (χ1v) is 6.58. The van der Waals surface area contributed by atoms with Crippen molar-refractivity contribution in [2.75, 3.05) is 6.54 Å². The van der Waals surface area contributed by atoms with Gasteiger partial charge < -0.3 is 5.11 Å². The van der Waals surface area contributed by atoms with Gasteiger partial charge in [0.05, 0.1) is 0 Å². The van der Waals surface area contributed by atoms with E-state index in [-0.39, 0.29) is 6.54 Å². The Morgan fingerprint density at radius 1 is 1.47 bits per heavy atom. The predicted octanol–water partition coefficient (Wildman–Crippen LogP) is 0.0166. The Hall–Kier alpha value is -1.47. The fourth-order valence-electron chi connectivity index (χ4n) is 1.14. The van der Waals surface area contributed by atoms with Gasteiger partial charge in [-0.3, -0.25) is 9.78 Å². The van der Waals surface area contributed by atoms with Gasteiger partial charge in [-0.1, -0.05) is 0 Å². The van der Waals surface area contributed by atoms with Gasteiger partial charge in [-0.15, -0.1) is 0 Å². The normalized spacial score (nSPS) is 13.2. The summed E-state index contributed by atoms with van der Waals surface area (Å²) in [5.74, 6) is -1.36. The van der Waals surface area contributed by atoms with Crippen LogP contribution in [0.2, 0.25) is 0 Å². The summed E-state index contributed by atoms with van der Waals surface area (Å²) in [6, 6.07) is 3.55. The van der Waals surface area contributed by atoms with Gasteiger partial charge in [-0.05, 0) is 31.0 Å². The summed E-state index contributed by atoms with van der Waals surface area (Å²) in [7, 11) is -3.79. The van der Waals surface area contributed by atoms with Crippen molar-refractivity contribution in [3.63, 3.8) is 0 Å². The highest BCUT2D eigenvalue weighted by atomic mass is 32.2. The molecule has 0 saturated carbocycles. The van der Waals surface area contributed by atoms with Crippen LogP contribution in [0.1, 0.15) is 12.5 Å².